The Morgan fingerprint density at radius 2 is 2.24 bits per heavy atom. The van der Waals surface area contributed by atoms with E-state index in [1.165, 1.54) is 0 Å². The van der Waals surface area contributed by atoms with Crippen LogP contribution in [0.4, 0.5) is 0 Å². The van der Waals surface area contributed by atoms with Gasteiger partial charge in [-0.2, -0.15) is 11.3 Å². The third kappa shape index (κ3) is 3.13. The highest BCUT2D eigenvalue weighted by Gasteiger charge is 2.06. The highest BCUT2D eigenvalue weighted by Crippen LogP contribution is 2.15. The van der Waals surface area contributed by atoms with Crippen LogP contribution in [-0.4, -0.2) is 15.5 Å². The van der Waals surface area contributed by atoms with Crippen molar-refractivity contribution in [2.24, 2.45) is 0 Å². The first kappa shape index (κ1) is 13.8. The molecule has 0 fully saturated rings. The Kier molecular flexibility index (Phi) is 4.01. The lowest BCUT2D eigenvalue weighted by Crippen LogP contribution is -2.24. The van der Waals surface area contributed by atoms with Crippen LogP contribution in [0.5, 0.6) is 0 Å². The van der Waals surface area contributed by atoms with Crippen LogP contribution in [0.1, 0.15) is 18.1 Å². The average molecular weight is 299 g/mol. The van der Waals surface area contributed by atoms with E-state index in [0.29, 0.717) is 13.0 Å². The Morgan fingerprint density at radius 1 is 1.33 bits per heavy atom. The molecule has 21 heavy (non-hydrogen) atoms. The van der Waals surface area contributed by atoms with Crippen molar-refractivity contribution in [3.05, 3.63) is 52.5 Å². The average Bonchev–Trinajstić information content (AvgIpc) is 3.13. The summed E-state index contributed by atoms with van der Waals surface area (Å²) in [5, 5.41) is 6.94. The molecule has 2 aromatic heterocycles. The van der Waals surface area contributed by atoms with Crippen molar-refractivity contribution in [3.63, 3.8) is 0 Å². The van der Waals surface area contributed by atoms with E-state index < -0.39 is 0 Å². The minimum absolute atomic E-state index is 0.0487. The first-order valence-corrected chi connectivity index (χ1v) is 7.92. The molecule has 0 aliphatic heterocycles. The minimum atomic E-state index is 0.0487. The van der Waals surface area contributed by atoms with Crippen molar-refractivity contribution in [2.75, 3.05) is 0 Å². The Morgan fingerprint density at radius 3 is 3.00 bits per heavy atom. The van der Waals surface area contributed by atoms with E-state index in [1.807, 2.05) is 35.3 Å². The van der Waals surface area contributed by atoms with Crippen molar-refractivity contribution in [1.29, 1.82) is 0 Å². The van der Waals surface area contributed by atoms with Gasteiger partial charge in [0.15, 0.2) is 0 Å². The Bertz CT molecular complexity index is 746. The summed E-state index contributed by atoms with van der Waals surface area (Å²) in [6.07, 6.45) is 2.29. The van der Waals surface area contributed by atoms with Gasteiger partial charge in [0.2, 0.25) is 5.91 Å². The fourth-order valence-electron chi connectivity index (χ4n) is 2.31. The summed E-state index contributed by atoms with van der Waals surface area (Å²) in [5.41, 5.74) is 4.24. The van der Waals surface area contributed by atoms with Gasteiger partial charge < -0.3 is 9.88 Å². The molecule has 4 nitrogen and oxygen atoms in total. The number of imidazole rings is 1. The van der Waals surface area contributed by atoms with Gasteiger partial charge in [-0.3, -0.25) is 4.79 Å². The summed E-state index contributed by atoms with van der Waals surface area (Å²) in [6, 6.07) is 8.12. The molecule has 0 aliphatic rings. The topological polar surface area (TPSA) is 46.9 Å². The SMILES string of the molecule is CCn1cnc2cc(CNC(=O)Cc3ccsc3)ccc21. The molecule has 3 rings (SSSR count). The number of aryl methyl sites for hydroxylation is 1. The number of nitrogens with one attached hydrogen (secondary N) is 1. The molecule has 0 saturated carbocycles. The zero-order valence-corrected chi connectivity index (χ0v) is 12.7. The smallest absolute Gasteiger partial charge is 0.224 e. The maximum atomic E-state index is 11.9. The summed E-state index contributed by atoms with van der Waals surface area (Å²) in [6.45, 7) is 3.55. The maximum absolute atomic E-state index is 11.9. The van der Waals surface area contributed by atoms with Crippen molar-refractivity contribution in [2.45, 2.75) is 26.4 Å². The van der Waals surface area contributed by atoms with Crippen LogP contribution >= 0.6 is 11.3 Å². The van der Waals surface area contributed by atoms with Crippen molar-refractivity contribution in [1.82, 2.24) is 14.9 Å². The highest BCUT2D eigenvalue weighted by molar-refractivity contribution is 7.07. The van der Waals surface area contributed by atoms with Gasteiger partial charge in [-0.15, -0.1) is 0 Å². The minimum Gasteiger partial charge on any atom is -0.352 e. The highest BCUT2D eigenvalue weighted by atomic mass is 32.1. The molecule has 0 bridgehead atoms. The summed E-state index contributed by atoms with van der Waals surface area (Å²) in [5.74, 6) is 0.0487. The second-order valence-electron chi connectivity index (χ2n) is 4.94. The van der Waals surface area contributed by atoms with Crippen LogP contribution in [0.2, 0.25) is 0 Å². The Hall–Kier alpha value is -2.14. The second kappa shape index (κ2) is 6.10. The molecule has 1 N–H and O–H groups in total. The number of hydrogen-bond acceptors (Lipinski definition) is 3. The molecule has 0 spiro atoms. The van der Waals surface area contributed by atoms with Crippen molar-refractivity contribution >= 4 is 28.3 Å². The van der Waals surface area contributed by atoms with Gasteiger partial charge in [-0.05, 0) is 47.0 Å². The number of aromatic nitrogens is 2. The number of benzene rings is 1. The van der Waals surface area contributed by atoms with Gasteiger partial charge in [0.25, 0.3) is 0 Å². The van der Waals surface area contributed by atoms with Gasteiger partial charge in [0.1, 0.15) is 0 Å². The molecule has 0 unspecified atom stereocenters. The Labute approximate surface area is 127 Å². The van der Waals surface area contributed by atoms with E-state index in [9.17, 15) is 4.79 Å². The molecule has 108 valence electrons. The van der Waals surface area contributed by atoms with E-state index >= 15 is 0 Å². The molecule has 1 amide bonds. The number of thiophene rings is 1. The number of rotatable bonds is 5. The number of carbonyl (C=O) groups is 1. The van der Waals surface area contributed by atoms with Crippen LogP contribution in [-0.2, 0) is 24.3 Å². The zero-order chi connectivity index (χ0) is 14.7. The van der Waals surface area contributed by atoms with Crippen LogP contribution in [0.25, 0.3) is 11.0 Å². The van der Waals surface area contributed by atoms with Gasteiger partial charge in [-0.25, -0.2) is 4.98 Å². The summed E-state index contributed by atoms with van der Waals surface area (Å²) in [7, 11) is 0. The summed E-state index contributed by atoms with van der Waals surface area (Å²) < 4.78 is 2.11. The number of hydrogen-bond donors (Lipinski definition) is 1. The lowest BCUT2D eigenvalue weighted by Gasteiger charge is -2.05. The molecule has 3 aromatic rings. The van der Waals surface area contributed by atoms with Crippen molar-refractivity contribution in [3.8, 4) is 0 Å². The third-order valence-corrected chi connectivity index (χ3v) is 4.19. The molecule has 5 heteroatoms. The predicted molar refractivity (Wildman–Crippen MR) is 85.3 cm³/mol. The van der Waals surface area contributed by atoms with Crippen LogP contribution in [0, 0.1) is 0 Å². The van der Waals surface area contributed by atoms with Crippen LogP contribution in [0.15, 0.2) is 41.4 Å². The van der Waals surface area contributed by atoms with Gasteiger partial charge in [-0.1, -0.05) is 6.07 Å². The number of nitrogens with zero attached hydrogens (tertiary/aromatic N) is 2. The predicted octanol–water partition coefficient (Wildman–Crippen LogP) is 2.98. The molecule has 0 saturated heterocycles. The monoisotopic (exact) mass is 299 g/mol. The van der Waals surface area contributed by atoms with Gasteiger partial charge in [0.05, 0.1) is 23.8 Å². The Balaban J connectivity index is 1.63. The van der Waals surface area contributed by atoms with E-state index in [-0.39, 0.29) is 5.91 Å². The van der Waals surface area contributed by atoms with E-state index in [2.05, 4.69) is 27.9 Å². The third-order valence-electron chi connectivity index (χ3n) is 3.46. The van der Waals surface area contributed by atoms with Gasteiger partial charge >= 0.3 is 0 Å². The largest absolute Gasteiger partial charge is 0.352 e. The molecule has 0 aliphatic carbocycles. The van der Waals surface area contributed by atoms with E-state index in [4.69, 9.17) is 0 Å². The van der Waals surface area contributed by atoms with Crippen LogP contribution in [0.3, 0.4) is 0 Å². The van der Waals surface area contributed by atoms with Gasteiger partial charge in [0, 0.05) is 13.1 Å². The summed E-state index contributed by atoms with van der Waals surface area (Å²) in [4.78, 5) is 16.3. The molecule has 1 aromatic carbocycles. The lowest BCUT2D eigenvalue weighted by atomic mass is 10.2. The first-order valence-electron chi connectivity index (χ1n) is 6.98. The second-order valence-corrected chi connectivity index (χ2v) is 5.72. The maximum Gasteiger partial charge on any atom is 0.224 e. The zero-order valence-electron chi connectivity index (χ0n) is 11.9. The first-order chi connectivity index (χ1) is 10.3. The lowest BCUT2D eigenvalue weighted by molar-refractivity contribution is -0.120. The van der Waals surface area contributed by atoms with Crippen molar-refractivity contribution < 1.29 is 4.79 Å². The molecule has 0 atom stereocenters. The molecule has 0 radical (unpaired) electrons. The molecular weight excluding hydrogens is 282 g/mol. The number of amides is 1. The molecular formula is C16H17N3OS. The normalized spacial score (nSPS) is 10.9. The van der Waals surface area contributed by atoms with E-state index in [1.54, 1.807) is 11.3 Å². The van der Waals surface area contributed by atoms with Crippen LogP contribution < -0.4 is 5.32 Å². The molecule has 2 heterocycles. The number of carbonyl (C=O) groups excluding carboxylic acids is 1. The summed E-state index contributed by atoms with van der Waals surface area (Å²) >= 11 is 1.61. The fourth-order valence-corrected chi connectivity index (χ4v) is 2.98. The quantitative estimate of drug-likeness (QED) is 0.787. The number of fused-ring (bicyclic) bond motifs is 1. The standard InChI is InChI=1S/C16H17N3OS/c1-2-19-11-18-14-7-12(3-4-15(14)19)9-17-16(20)8-13-5-6-21-10-13/h3-7,10-11H,2,8-9H2,1H3,(H,17,20). The van der Waals surface area contributed by atoms with E-state index in [0.717, 1.165) is 28.7 Å². The fraction of sp³-hybridized carbons (Fsp3) is 0.250.